The fraction of sp³-hybridized carbons (Fsp3) is 0.308. The second kappa shape index (κ2) is 4.67. The van der Waals surface area contributed by atoms with Crippen LogP contribution in [0.3, 0.4) is 0 Å². The Hall–Kier alpha value is -1.68. The molecule has 0 spiro atoms. The molecular weight excluding hydrogens is 217 g/mol. The van der Waals surface area contributed by atoms with E-state index in [1.54, 1.807) is 18.5 Å². The minimum atomic E-state index is -0.208. The van der Waals surface area contributed by atoms with E-state index >= 15 is 0 Å². The fourth-order valence-corrected chi connectivity index (χ4v) is 1.80. The molecule has 0 fully saturated rings. The Morgan fingerprint density at radius 2 is 2.00 bits per heavy atom. The minimum Gasteiger partial charge on any atom is -0.330 e. The number of halogens is 1. The number of nitrogens with two attached hydrogens (primary N) is 1. The number of benzene rings is 1. The molecule has 4 heteroatoms. The van der Waals surface area contributed by atoms with Crippen molar-refractivity contribution in [2.75, 3.05) is 0 Å². The molecule has 2 aromatic rings. The van der Waals surface area contributed by atoms with Crippen LogP contribution in [0.25, 0.3) is 0 Å². The van der Waals surface area contributed by atoms with Crippen LogP contribution >= 0.6 is 0 Å². The molecule has 0 unspecified atom stereocenters. The molecule has 17 heavy (non-hydrogen) atoms. The van der Waals surface area contributed by atoms with Crippen molar-refractivity contribution < 1.29 is 4.39 Å². The molecule has 0 saturated carbocycles. The van der Waals surface area contributed by atoms with Gasteiger partial charge in [-0.15, -0.1) is 0 Å². The van der Waals surface area contributed by atoms with Crippen LogP contribution in [0.15, 0.2) is 24.5 Å². The van der Waals surface area contributed by atoms with Crippen molar-refractivity contribution in [3.63, 3.8) is 0 Å². The van der Waals surface area contributed by atoms with Gasteiger partial charge in [0.15, 0.2) is 0 Å². The van der Waals surface area contributed by atoms with Gasteiger partial charge in [-0.1, -0.05) is 18.2 Å². The highest BCUT2D eigenvalue weighted by molar-refractivity contribution is 5.26. The zero-order valence-electron chi connectivity index (χ0n) is 10.1. The lowest BCUT2D eigenvalue weighted by molar-refractivity contribution is 0.582. The second-order valence-electron chi connectivity index (χ2n) is 4.14. The summed E-state index contributed by atoms with van der Waals surface area (Å²) in [5, 5.41) is 0. The van der Waals surface area contributed by atoms with E-state index < -0.39 is 0 Å². The van der Waals surface area contributed by atoms with Crippen molar-refractivity contribution in [3.8, 4) is 0 Å². The number of imidazole rings is 1. The maximum Gasteiger partial charge on any atom is 0.132 e. The molecule has 0 aliphatic rings. The van der Waals surface area contributed by atoms with Gasteiger partial charge in [0.05, 0.1) is 18.6 Å². The predicted octanol–water partition coefficient (Wildman–Crippen LogP) is 2.15. The standard InChI is InChI=1S/C13H16FN3/c1-9-10(2)17(8-16-9)7-12-5-3-4-11(6-15)13(12)14/h3-5,8H,6-7,15H2,1-2H3. The Balaban J connectivity index is 2.33. The number of rotatable bonds is 3. The van der Waals surface area contributed by atoms with E-state index in [-0.39, 0.29) is 12.4 Å². The van der Waals surface area contributed by atoms with Gasteiger partial charge in [-0.3, -0.25) is 0 Å². The third-order valence-corrected chi connectivity index (χ3v) is 3.06. The van der Waals surface area contributed by atoms with Crippen molar-refractivity contribution >= 4 is 0 Å². The molecule has 0 aliphatic carbocycles. The third kappa shape index (κ3) is 2.22. The fourth-order valence-electron chi connectivity index (χ4n) is 1.80. The molecule has 1 heterocycles. The summed E-state index contributed by atoms with van der Waals surface area (Å²) < 4.78 is 15.9. The van der Waals surface area contributed by atoms with E-state index in [4.69, 9.17) is 5.73 Å². The molecule has 0 aliphatic heterocycles. The largest absolute Gasteiger partial charge is 0.330 e. The van der Waals surface area contributed by atoms with E-state index in [1.807, 2.05) is 24.5 Å². The lowest BCUT2D eigenvalue weighted by Crippen LogP contribution is -2.07. The van der Waals surface area contributed by atoms with Crippen molar-refractivity contribution in [1.82, 2.24) is 9.55 Å². The number of aryl methyl sites for hydroxylation is 1. The quantitative estimate of drug-likeness (QED) is 0.882. The molecule has 0 atom stereocenters. The van der Waals surface area contributed by atoms with Crippen molar-refractivity contribution in [3.05, 3.63) is 52.9 Å². The van der Waals surface area contributed by atoms with Crippen LogP contribution in [-0.2, 0) is 13.1 Å². The zero-order chi connectivity index (χ0) is 12.4. The van der Waals surface area contributed by atoms with Crippen LogP contribution in [0, 0.1) is 19.7 Å². The van der Waals surface area contributed by atoms with Crippen LogP contribution in [0.4, 0.5) is 4.39 Å². The first kappa shape index (κ1) is 11.8. The lowest BCUT2D eigenvalue weighted by Gasteiger charge is -2.09. The van der Waals surface area contributed by atoms with Gasteiger partial charge in [0.2, 0.25) is 0 Å². The Morgan fingerprint density at radius 3 is 2.59 bits per heavy atom. The number of aromatic nitrogens is 2. The zero-order valence-corrected chi connectivity index (χ0v) is 10.1. The van der Waals surface area contributed by atoms with Gasteiger partial charge in [-0.05, 0) is 13.8 Å². The summed E-state index contributed by atoms with van der Waals surface area (Å²) in [6, 6.07) is 5.33. The first-order chi connectivity index (χ1) is 8.13. The van der Waals surface area contributed by atoms with Crippen molar-refractivity contribution in [2.45, 2.75) is 26.9 Å². The van der Waals surface area contributed by atoms with Crippen molar-refractivity contribution in [1.29, 1.82) is 0 Å². The molecule has 0 bridgehead atoms. The van der Waals surface area contributed by atoms with Gasteiger partial charge in [0, 0.05) is 23.4 Å². The summed E-state index contributed by atoms with van der Waals surface area (Å²) in [6.45, 7) is 4.64. The van der Waals surface area contributed by atoms with Crippen LogP contribution in [0.2, 0.25) is 0 Å². The van der Waals surface area contributed by atoms with Crippen LogP contribution < -0.4 is 5.73 Å². The van der Waals surface area contributed by atoms with E-state index in [0.29, 0.717) is 17.7 Å². The summed E-state index contributed by atoms with van der Waals surface area (Å²) >= 11 is 0. The SMILES string of the molecule is Cc1ncn(Cc2cccc(CN)c2F)c1C. The maximum atomic E-state index is 14.0. The maximum absolute atomic E-state index is 14.0. The lowest BCUT2D eigenvalue weighted by atomic mass is 10.1. The normalized spacial score (nSPS) is 10.8. The molecule has 0 saturated heterocycles. The Kier molecular flexibility index (Phi) is 3.24. The van der Waals surface area contributed by atoms with E-state index in [2.05, 4.69) is 4.98 Å². The van der Waals surface area contributed by atoms with Gasteiger partial charge < -0.3 is 10.3 Å². The molecule has 90 valence electrons. The highest BCUT2D eigenvalue weighted by Gasteiger charge is 2.09. The first-order valence-electron chi connectivity index (χ1n) is 5.58. The molecule has 0 amide bonds. The predicted molar refractivity (Wildman–Crippen MR) is 65.1 cm³/mol. The highest BCUT2D eigenvalue weighted by Crippen LogP contribution is 2.15. The Bertz CT molecular complexity index is 531. The molecule has 0 radical (unpaired) electrons. The minimum absolute atomic E-state index is 0.208. The third-order valence-electron chi connectivity index (χ3n) is 3.06. The number of nitrogens with zero attached hydrogens (tertiary/aromatic N) is 2. The van der Waals surface area contributed by atoms with Gasteiger partial charge in [0.1, 0.15) is 5.82 Å². The van der Waals surface area contributed by atoms with Gasteiger partial charge >= 0.3 is 0 Å². The second-order valence-corrected chi connectivity index (χ2v) is 4.14. The molecule has 1 aromatic heterocycles. The summed E-state index contributed by atoms with van der Waals surface area (Å²) in [4.78, 5) is 4.20. The van der Waals surface area contributed by atoms with Gasteiger partial charge in [-0.25, -0.2) is 9.37 Å². The Morgan fingerprint density at radius 1 is 1.29 bits per heavy atom. The van der Waals surface area contributed by atoms with Crippen LogP contribution in [0.1, 0.15) is 22.5 Å². The number of hydrogen-bond donors (Lipinski definition) is 1. The molecule has 3 nitrogen and oxygen atoms in total. The Labute approximate surface area is 100 Å². The molecule has 1 aromatic carbocycles. The molecular formula is C13H16FN3. The summed E-state index contributed by atoms with van der Waals surface area (Å²) in [5.41, 5.74) is 8.72. The van der Waals surface area contributed by atoms with E-state index in [0.717, 1.165) is 11.4 Å². The van der Waals surface area contributed by atoms with Crippen molar-refractivity contribution in [2.24, 2.45) is 5.73 Å². The van der Waals surface area contributed by atoms with Crippen LogP contribution in [-0.4, -0.2) is 9.55 Å². The topological polar surface area (TPSA) is 43.8 Å². The molecule has 2 N–H and O–H groups in total. The monoisotopic (exact) mass is 233 g/mol. The van der Waals surface area contributed by atoms with Gasteiger partial charge in [-0.2, -0.15) is 0 Å². The smallest absolute Gasteiger partial charge is 0.132 e. The number of hydrogen-bond acceptors (Lipinski definition) is 2. The average molecular weight is 233 g/mol. The summed E-state index contributed by atoms with van der Waals surface area (Å²) in [5.74, 6) is -0.208. The highest BCUT2D eigenvalue weighted by atomic mass is 19.1. The summed E-state index contributed by atoms with van der Waals surface area (Å²) in [7, 11) is 0. The van der Waals surface area contributed by atoms with E-state index in [1.165, 1.54) is 0 Å². The summed E-state index contributed by atoms with van der Waals surface area (Å²) in [6.07, 6.45) is 1.74. The molecule has 2 rings (SSSR count). The average Bonchev–Trinajstić information content (AvgIpc) is 2.64. The van der Waals surface area contributed by atoms with Crippen LogP contribution in [0.5, 0.6) is 0 Å². The van der Waals surface area contributed by atoms with E-state index in [9.17, 15) is 4.39 Å². The first-order valence-corrected chi connectivity index (χ1v) is 5.58. The van der Waals surface area contributed by atoms with Gasteiger partial charge in [0.25, 0.3) is 0 Å².